The molecule has 2 aromatic carbocycles. The molecular formula is C25H23NO7. The zero-order valence-corrected chi connectivity index (χ0v) is 18.4. The van der Waals surface area contributed by atoms with E-state index < -0.39 is 17.7 Å². The molecule has 1 atom stereocenters. The summed E-state index contributed by atoms with van der Waals surface area (Å²) in [7, 11) is 2.87. The van der Waals surface area contributed by atoms with Crippen LogP contribution in [0, 0.1) is 6.92 Å². The second-order valence-electron chi connectivity index (χ2n) is 7.64. The molecule has 8 nitrogen and oxygen atoms in total. The predicted molar refractivity (Wildman–Crippen MR) is 119 cm³/mol. The average Bonchev–Trinajstić information content (AvgIpc) is 3.41. The van der Waals surface area contributed by atoms with Crippen molar-refractivity contribution >= 4 is 17.4 Å². The number of furan rings is 1. The number of carbonyl (C=O) groups is 2. The van der Waals surface area contributed by atoms with Crippen LogP contribution in [-0.4, -0.2) is 41.0 Å². The maximum Gasteiger partial charge on any atom is 0.296 e. The standard InChI is InChI=1S/C25H23NO7/c1-14-6-8-19(31-2)17(11-14)23(28)21-22(15-7-9-20(32-3)18(27)12-15)26(25(30)24(21)29)13-16-5-4-10-33-16/h4-12,22,27-28H,13H2,1-3H3/b23-21+. The van der Waals surface area contributed by atoms with Gasteiger partial charge in [-0.1, -0.05) is 17.7 Å². The first-order valence-corrected chi connectivity index (χ1v) is 10.2. The topological polar surface area (TPSA) is 109 Å². The highest BCUT2D eigenvalue weighted by atomic mass is 16.5. The minimum absolute atomic E-state index is 0.00321. The number of phenolic OH excluding ortho intramolecular Hbond substituents is 1. The van der Waals surface area contributed by atoms with Crippen LogP contribution in [0.2, 0.25) is 0 Å². The number of nitrogens with zero attached hydrogens (tertiary/aromatic N) is 1. The number of phenols is 1. The summed E-state index contributed by atoms with van der Waals surface area (Å²) >= 11 is 0. The Morgan fingerprint density at radius 2 is 1.79 bits per heavy atom. The number of Topliss-reactive ketones (excluding diaryl/α,β-unsaturated/α-hetero) is 1. The van der Waals surface area contributed by atoms with E-state index in [1.165, 1.54) is 37.5 Å². The van der Waals surface area contributed by atoms with Crippen LogP contribution in [0.15, 0.2) is 64.8 Å². The molecule has 1 fully saturated rings. The highest BCUT2D eigenvalue weighted by Gasteiger charge is 2.46. The van der Waals surface area contributed by atoms with Gasteiger partial charge in [-0.2, -0.15) is 0 Å². The fourth-order valence-electron chi connectivity index (χ4n) is 3.99. The quantitative estimate of drug-likeness (QED) is 0.333. The molecule has 1 amide bonds. The number of aromatic hydroxyl groups is 1. The van der Waals surface area contributed by atoms with Crippen LogP contribution in [0.4, 0.5) is 0 Å². The van der Waals surface area contributed by atoms with Crippen LogP contribution < -0.4 is 9.47 Å². The second-order valence-corrected chi connectivity index (χ2v) is 7.64. The first-order valence-electron chi connectivity index (χ1n) is 10.2. The number of rotatable bonds is 6. The van der Waals surface area contributed by atoms with Gasteiger partial charge in [0.15, 0.2) is 11.5 Å². The van der Waals surface area contributed by atoms with Crippen molar-refractivity contribution < 1.29 is 33.7 Å². The number of benzene rings is 2. The van der Waals surface area contributed by atoms with Gasteiger partial charge in [-0.05, 0) is 48.9 Å². The van der Waals surface area contributed by atoms with Crippen molar-refractivity contribution in [2.75, 3.05) is 14.2 Å². The molecule has 170 valence electrons. The first kappa shape index (κ1) is 22.0. The number of ether oxygens (including phenoxy) is 2. The van der Waals surface area contributed by atoms with Crippen molar-refractivity contribution in [1.82, 2.24) is 4.90 Å². The van der Waals surface area contributed by atoms with E-state index in [1.54, 1.807) is 30.3 Å². The molecule has 4 rings (SSSR count). The fourth-order valence-corrected chi connectivity index (χ4v) is 3.99. The van der Waals surface area contributed by atoms with Gasteiger partial charge < -0.3 is 29.0 Å². The fraction of sp³-hybridized carbons (Fsp3) is 0.200. The smallest absolute Gasteiger partial charge is 0.296 e. The number of ketones is 1. The molecule has 1 aliphatic heterocycles. The molecule has 3 aromatic rings. The van der Waals surface area contributed by atoms with Crippen LogP contribution in [0.25, 0.3) is 5.76 Å². The van der Waals surface area contributed by atoms with Gasteiger partial charge in [-0.15, -0.1) is 0 Å². The maximum absolute atomic E-state index is 13.2. The van der Waals surface area contributed by atoms with Gasteiger partial charge >= 0.3 is 0 Å². The van der Waals surface area contributed by atoms with Crippen LogP contribution in [0.3, 0.4) is 0 Å². The number of hydrogen-bond acceptors (Lipinski definition) is 7. The average molecular weight is 449 g/mol. The molecule has 0 spiro atoms. The van der Waals surface area contributed by atoms with Gasteiger partial charge in [0.05, 0.1) is 44.2 Å². The number of hydrogen-bond donors (Lipinski definition) is 2. The first-order chi connectivity index (χ1) is 15.8. The summed E-state index contributed by atoms with van der Waals surface area (Å²) in [4.78, 5) is 27.5. The molecule has 1 unspecified atom stereocenters. The Labute approximate surface area is 190 Å². The Morgan fingerprint density at radius 1 is 1.06 bits per heavy atom. The lowest BCUT2D eigenvalue weighted by molar-refractivity contribution is -0.140. The van der Waals surface area contributed by atoms with Gasteiger partial charge in [-0.25, -0.2) is 0 Å². The van der Waals surface area contributed by atoms with Gasteiger partial charge in [0.1, 0.15) is 17.3 Å². The van der Waals surface area contributed by atoms with Crippen LogP contribution in [0.1, 0.15) is 28.5 Å². The molecule has 1 aliphatic rings. The molecule has 8 heteroatoms. The SMILES string of the molecule is COc1ccc(C2/C(=C(\O)c3cc(C)ccc3OC)C(=O)C(=O)N2Cc2ccco2)cc1O. The summed E-state index contributed by atoms with van der Waals surface area (Å²) < 4.78 is 15.9. The summed E-state index contributed by atoms with van der Waals surface area (Å²) in [6.07, 6.45) is 1.47. The zero-order chi connectivity index (χ0) is 23.7. The minimum Gasteiger partial charge on any atom is -0.507 e. The largest absolute Gasteiger partial charge is 0.507 e. The third-order valence-corrected chi connectivity index (χ3v) is 5.57. The molecule has 2 heterocycles. The molecule has 0 saturated carbocycles. The number of aliphatic hydroxyl groups excluding tert-OH is 1. The number of likely N-dealkylation sites (tertiary alicyclic amines) is 1. The molecule has 0 aliphatic carbocycles. The Kier molecular flexibility index (Phi) is 5.83. The molecule has 33 heavy (non-hydrogen) atoms. The summed E-state index contributed by atoms with van der Waals surface area (Å²) in [5, 5.41) is 21.6. The summed E-state index contributed by atoms with van der Waals surface area (Å²) in [5.41, 5.74) is 1.43. The Balaban J connectivity index is 1.93. The van der Waals surface area contributed by atoms with E-state index in [2.05, 4.69) is 0 Å². The van der Waals surface area contributed by atoms with Crippen LogP contribution in [-0.2, 0) is 16.1 Å². The van der Waals surface area contributed by atoms with Crippen LogP contribution in [0.5, 0.6) is 17.2 Å². The Hall–Kier alpha value is -4.20. The van der Waals surface area contributed by atoms with Gasteiger partial charge in [0, 0.05) is 0 Å². The number of methoxy groups -OCH3 is 2. The minimum atomic E-state index is -0.975. The molecule has 1 saturated heterocycles. The monoisotopic (exact) mass is 449 g/mol. The van der Waals surface area contributed by atoms with Crippen molar-refractivity contribution in [2.24, 2.45) is 0 Å². The highest BCUT2D eigenvalue weighted by molar-refractivity contribution is 6.46. The zero-order valence-electron chi connectivity index (χ0n) is 18.4. The number of amides is 1. The van der Waals surface area contributed by atoms with Crippen molar-refractivity contribution in [3.05, 3.63) is 82.8 Å². The van der Waals surface area contributed by atoms with Gasteiger partial charge in [0.25, 0.3) is 11.7 Å². The van der Waals surface area contributed by atoms with Gasteiger partial charge in [0.2, 0.25) is 0 Å². The predicted octanol–water partition coefficient (Wildman–Crippen LogP) is 3.93. The van der Waals surface area contributed by atoms with E-state index in [0.29, 0.717) is 17.1 Å². The van der Waals surface area contributed by atoms with E-state index in [9.17, 15) is 19.8 Å². The molecule has 0 radical (unpaired) electrons. The molecule has 1 aromatic heterocycles. The van der Waals surface area contributed by atoms with Crippen molar-refractivity contribution in [2.45, 2.75) is 19.5 Å². The Bertz CT molecular complexity index is 1240. The third kappa shape index (κ3) is 3.91. The summed E-state index contributed by atoms with van der Waals surface area (Å²) in [6, 6.07) is 12.1. The van der Waals surface area contributed by atoms with Gasteiger partial charge in [-0.3, -0.25) is 9.59 Å². The van der Waals surface area contributed by atoms with Crippen LogP contribution >= 0.6 is 0 Å². The lowest BCUT2D eigenvalue weighted by Crippen LogP contribution is -2.29. The van der Waals surface area contributed by atoms with Crippen molar-refractivity contribution in [1.29, 1.82) is 0 Å². The number of carbonyl (C=O) groups excluding carboxylic acids is 2. The number of aryl methyl sites for hydroxylation is 1. The molecule has 2 N–H and O–H groups in total. The van der Waals surface area contributed by atoms with Crippen molar-refractivity contribution in [3.8, 4) is 17.2 Å². The summed E-state index contributed by atoms with van der Waals surface area (Å²) in [6.45, 7) is 1.83. The van der Waals surface area contributed by atoms with Crippen molar-refractivity contribution in [3.63, 3.8) is 0 Å². The van der Waals surface area contributed by atoms with E-state index in [-0.39, 0.29) is 34.9 Å². The van der Waals surface area contributed by atoms with E-state index in [1.807, 2.05) is 13.0 Å². The molecular weight excluding hydrogens is 426 g/mol. The lowest BCUT2D eigenvalue weighted by atomic mass is 9.94. The third-order valence-electron chi connectivity index (χ3n) is 5.57. The summed E-state index contributed by atoms with van der Waals surface area (Å²) in [5.74, 6) is -1.10. The second kappa shape index (κ2) is 8.74. The van der Waals surface area contributed by atoms with E-state index in [4.69, 9.17) is 13.9 Å². The lowest BCUT2D eigenvalue weighted by Gasteiger charge is -2.25. The van der Waals surface area contributed by atoms with E-state index in [0.717, 1.165) is 5.56 Å². The highest BCUT2D eigenvalue weighted by Crippen LogP contribution is 2.43. The normalized spacial score (nSPS) is 17.4. The van der Waals surface area contributed by atoms with E-state index >= 15 is 0 Å². The maximum atomic E-state index is 13.2. The Morgan fingerprint density at radius 3 is 2.42 bits per heavy atom. The number of aliphatic hydroxyl groups is 1. The molecule has 0 bridgehead atoms.